The summed E-state index contributed by atoms with van der Waals surface area (Å²) >= 11 is 0. The third-order valence-electron chi connectivity index (χ3n) is 4.00. The largest absolute Gasteiger partial charge is 0.459 e. The van der Waals surface area contributed by atoms with Crippen molar-refractivity contribution in [3.8, 4) is 0 Å². The second kappa shape index (κ2) is 6.83. The zero-order chi connectivity index (χ0) is 18.8. The minimum Gasteiger partial charge on any atom is -0.459 e. The number of carbonyl (C=O) groups excluding carboxylic acids is 4. The molecule has 3 rings (SSSR count). The number of urea groups is 1. The van der Waals surface area contributed by atoms with Crippen LogP contribution in [0.25, 0.3) is 11.0 Å². The lowest BCUT2D eigenvalue weighted by atomic mass is 10.2. The normalized spacial score (nSPS) is 15.7. The highest BCUT2D eigenvalue weighted by atomic mass is 16.3. The van der Waals surface area contributed by atoms with Crippen LogP contribution in [0.15, 0.2) is 47.4 Å². The Morgan fingerprint density at radius 2 is 1.92 bits per heavy atom. The molecular weight excluding hydrogens is 338 g/mol. The summed E-state index contributed by atoms with van der Waals surface area (Å²) in [5, 5.41) is 3.56. The molecule has 0 aliphatic carbocycles. The summed E-state index contributed by atoms with van der Waals surface area (Å²) in [5.41, 5.74) is 0.694. The molecule has 5 amide bonds. The predicted molar refractivity (Wildman–Crippen MR) is 91.8 cm³/mol. The zero-order valence-corrected chi connectivity index (χ0v) is 14.1. The van der Waals surface area contributed by atoms with E-state index in [1.807, 2.05) is 30.3 Å². The van der Waals surface area contributed by atoms with E-state index >= 15 is 0 Å². The Morgan fingerprint density at radius 3 is 2.62 bits per heavy atom. The van der Waals surface area contributed by atoms with Gasteiger partial charge in [0.2, 0.25) is 5.91 Å². The van der Waals surface area contributed by atoms with Crippen molar-refractivity contribution in [1.82, 2.24) is 15.1 Å². The Bertz CT molecular complexity index is 883. The Balaban J connectivity index is 1.66. The van der Waals surface area contributed by atoms with Crippen molar-refractivity contribution < 1.29 is 23.6 Å². The number of fused-ring (bicyclic) bond motifs is 1. The monoisotopic (exact) mass is 355 g/mol. The first kappa shape index (κ1) is 17.4. The number of imide groups is 2. The summed E-state index contributed by atoms with van der Waals surface area (Å²) in [5.74, 6) is -2.02. The van der Waals surface area contributed by atoms with Crippen molar-refractivity contribution in [3.05, 3.63) is 48.7 Å². The lowest BCUT2D eigenvalue weighted by molar-refractivity contribution is -0.143. The number of nitrogens with zero attached hydrogens (tertiary/aromatic N) is 2. The van der Waals surface area contributed by atoms with E-state index in [0.29, 0.717) is 16.2 Å². The van der Waals surface area contributed by atoms with Crippen LogP contribution in [0.3, 0.4) is 0 Å². The molecule has 1 fully saturated rings. The van der Waals surface area contributed by atoms with Gasteiger partial charge in [-0.2, -0.15) is 0 Å². The maximum atomic E-state index is 12.2. The number of furan rings is 1. The first-order valence-electron chi connectivity index (χ1n) is 7.98. The lowest BCUT2D eigenvalue weighted by Crippen LogP contribution is -2.42. The van der Waals surface area contributed by atoms with E-state index in [2.05, 4.69) is 11.9 Å². The number of para-hydroxylation sites is 1. The molecule has 1 aromatic carbocycles. The van der Waals surface area contributed by atoms with E-state index in [9.17, 15) is 19.2 Å². The van der Waals surface area contributed by atoms with Crippen molar-refractivity contribution in [3.63, 3.8) is 0 Å². The minimum absolute atomic E-state index is 0.0864. The first-order valence-corrected chi connectivity index (χ1v) is 7.98. The average Bonchev–Trinajstić information content (AvgIpc) is 3.13. The molecule has 1 saturated heterocycles. The summed E-state index contributed by atoms with van der Waals surface area (Å²) in [4.78, 5) is 49.3. The highest BCUT2D eigenvalue weighted by molar-refractivity contribution is 6.45. The number of amides is 5. The molecule has 1 N–H and O–H groups in total. The molecule has 0 saturated carbocycles. The molecule has 0 bridgehead atoms. The Labute approximate surface area is 149 Å². The molecule has 1 aliphatic rings. The van der Waals surface area contributed by atoms with Crippen molar-refractivity contribution in [2.75, 3.05) is 13.1 Å². The van der Waals surface area contributed by atoms with Crippen molar-refractivity contribution in [2.45, 2.75) is 13.0 Å². The van der Waals surface area contributed by atoms with Crippen LogP contribution in [-0.4, -0.2) is 46.6 Å². The molecule has 1 aromatic heterocycles. The second-order valence-electron chi connectivity index (χ2n) is 5.85. The summed E-state index contributed by atoms with van der Waals surface area (Å²) in [7, 11) is 0. The fourth-order valence-electron chi connectivity index (χ4n) is 2.70. The Kier molecular flexibility index (Phi) is 4.57. The topological polar surface area (TPSA) is 99.9 Å². The molecule has 8 heteroatoms. The van der Waals surface area contributed by atoms with Gasteiger partial charge in [0.25, 0.3) is 0 Å². The van der Waals surface area contributed by atoms with Gasteiger partial charge in [-0.05, 0) is 19.1 Å². The van der Waals surface area contributed by atoms with Gasteiger partial charge in [-0.15, -0.1) is 6.58 Å². The van der Waals surface area contributed by atoms with Crippen molar-refractivity contribution >= 4 is 34.7 Å². The van der Waals surface area contributed by atoms with E-state index in [4.69, 9.17) is 4.42 Å². The quantitative estimate of drug-likeness (QED) is 0.482. The van der Waals surface area contributed by atoms with Crippen LogP contribution in [0.5, 0.6) is 0 Å². The van der Waals surface area contributed by atoms with Crippen LogP contribution >= 0.6 is 0 Å². The maximum absolute atomic E-state index is 12.2. The smallest absolute Gasteiger partial charge is 0.335 e. The van der Waals surface area contributed by atoms with Gasteiger partial charge in [-0.3, -0.25) is 19.3 Å². The summed E-state index contributed by atoms with van der Waals surface area (Å²) in [6, 6.07) is 7.93. The summed E-state index contributed by atoms with van der Waals surface area (Å²) in [6.07, 6.45) is 1.33. The number of hydrogen-bond acceptors (Lipinski definition) is 5. The van der Waals surface area contributed by atoms with Gasteiger partial charge < -0.3 is 9.73 Å². The molecule has 134 valence electrons. The zero-order valence-electron chi connectivity index (χ0n) is 14.1. The van der Waals surface area contributed by atoms with E-state index < -0.39 is 36.3 Å². The van der Waals surface area contributed by atoms with E-state index in [1.54, 1.807) is 6.92 Å². The summed E-state index contributed by atoms with van der Waals surface area (Å²) < 4.78 is 5.67. The fourth-order valence-corrected chi connectivity index (χ4v) is 2.70. The van der Waals surface area contributed by atoms with Gasteiger partial charge in [-0.25, -0.2) is 9.69 Å². The molecule has 2 heterocycles. The maximum Gasteiger partial charge on any atom is 0.335 e. The number of benzene rings is 1. The minimum atomic E-state index is -1.02. The van der Waals surface area contributed by atoms with Crippen LogP contribution in [0.1, 0.15) is 18.7 Å². The average molecular weight is 355 g/mol. The highest BCUT2D eigenvalue weighted by Gasteiger charge is 2.44. The van der Waals surface area contributed by atoms with E-state index in [-0.39, 0.29) is 6.54 Å². The van der Waals surface area contributed by atoms with Crippen LogP contribution in [-0.2, 0) is 14.4 Å². The van der Waals surface area contributed by atoms with E-state index in [1.165, 1.54) is 6.08 Å². The Hall–Kier alpha value is -3.42. The van der Waals surface area contributed by atoms with Gasteiger partial charge in [0, 0.05) is 11.9 Å². The molecular formula is C18H17N3O5. The van der Waals surface area contributed by atoms with Crippen molar-refractivity contribution in [2.24, 2.45) is 0 Å². The van der Waals surface area contributed by atoms with Crippen molar-refractivity contribution in [1.29, 1.82) is 0 Å². The standard InChI is InChI=1S/C18H17N3O5/c1-3-8-20-16(23)17(24)21(18(20)25)10-15(22)19-11(2)14-9-12-6-4-5-7-13(12)26-14/h3-7,9,11H,1,8,10H2,2H3,(H,19,22)/t11-/m0/s1. The molecule has 0 spiro atoms. The van der Waals surface area contributed by atoms with Crippen LogP contribution in [0.2, 0.25) is 0 Å². The fraction of sp³-hybridized carbons (Fsp3) is 0.222. The van der Waals surface area contributed by atoms with Gasteiger partial charge in [-0.1, -0.05) is 24.3 Å². The molecule has 0 radical (unpaired) electrons. The van der Waals surface area contributed by atoms with Gasteiger partial charge in [0.15, 0.2) is 0 Å². The van der Waals surface area contributed by atoms with Crippen LogP contribution in [0.4, 0.5) is 4.79 Å². The molecule has 26 heavy (non-hydrogen) atoms. The number of rotatable bonds is 6. The van der Waals surface area contributed by atoms with Gasteiger partial charge in [0.05, 0.1) is 6.04 Å². The van der Waals surface area contributed by atoms with Crippen LogP contribution in [0, 0.1) is 0 Å². The van der Waals surface area contributed by atoms with Gasteiger partial charge >= 0.3 is 17.8 Å². The van der Waals surface area contributed by atoms with E-state index in [0.717, 1.165) is 10.3 Å². The first-order chi connectivity index (χ1) is 12.4. The SMILES string of the molecule is C=CCN1C(=O)C(=O)N(CC(=O)N[C@@H](C)c2cc3ccccc3o2)C1=O. The molecule has 8 nitrogen and oxygen atoms in total. The third kappa shape index (κ3) is 3.08. The highest BCUT2D eigenvalue weighted by Crippen LogP contribution is 2.23. The number of carbonyl (C=O) groups is 4. The molecule has 1 atom stereocenters. The Morgan fingerprint density at radius 1 is 1.23 bits per heavy atom. The van der Waals surface area contributed by atoms with Crippen LogP contribution < -0.4 is 5.32 Å². The third-order valence-corrected chi connectivity index (χ3v) is 4.00. The number of nitrogens with one attached hydrogen (secondary N) is 1. The molecule has 0 unspecified atom stereocenters. The molecule has 1 aliphatic heterocycles. The summed E-state index contributed by atoms with van der Waals surface area (Å²) in [6.45, 7) is 4.52. The van der Waals surface area contributed by atoms with Gasteiger partial charge in [0.1, 0.15) is 17.9 Å². The lowest BCUT2D eigenvalue weighted by Gasteiger charge is -2.16. The predicted octanol–water partition coefficient (Wildman–Crippen LogP) is 1.59. The molecule has 2 aromatic rings. The second-order valence-corrected chi connectivity index (χ2v) is 5.85. The number of hydrogen-bond donors (Lipinski definition) is 1.